The second kappa shape index (κ2) is 2.69. The lowest BCUT2D eigenvalue weighted by Gasteiger charge is -1.99. The Balaban J connectivity index is 2.55. The lowest BCUT2D eigenvalue weighted by atomic mass is 10.2. The molecule has 4 heteroatoms. The average Bonchev–Trinajstić information content (AvgIpc) is 2.59. The van der Waals surface area contributed by atoms with E-state index in [0.29, 0.717) is 0 Å². The number of rotatable bonds is 0. The van der Waals surface area contributed by atoms with Crippen LogP contribution in [0.3, 0.4) is 0 Å². The monoisotopic (exact) mass is 203 g/mol. The van der Waals surface area contributed by atoms with Gasteiger partial charge in [0.05, 0.1) is 5.52 Å². The Morgan fingerprint density at radius 1 is 1.21 bits per heavy atom. The minimum atomic E-state index is 0.753. The van der Waals surface area contributed by atoms with E-state index in [1.807, 2.05) is 24.3 Å². The molecule has 1 aromatic rings. The van der Waals surface area contributed by atoms with Crippen LogP contribution in [0.1, 0.15) is 0 Å². The smallest absolute Gasteiger partial charge is 0.158 e. The maximum Gasteiger partial charge on any atom is 0.158 e. The minimum Gasteiger partial charge on any atom is -0.245 e. The average molecular weight is 204 g/mol. The molecule has 2 aliphatic rings. The Kier molecular flexibility index (Phi) is 1.49. The van der Waals surface area contributed by atoms with Crippen molar-refractivity contribution in [3.8, 4) is 11.4 Å². The molecule has 3 rings (SSSR count). The molecule has 1 aromatic carbocycles. The largest absolute Gasteiger partial charge is 0.245 e. The highest BCUT2D eigenvalue weighted by Crippen LogP contribution is 2.29. The predicted molar refractivity (Wildman–Crippen MR) is 55.4 cm³/mol. The van der Waals surface area contributed by atoms with Crippen molar-refractivity contribution in [2.75, 3.05) is 0 Å². The summed E-state index contributed by atoms with van der Waals surface area (Å²) in [5, 5.41) is 1.09. The quantitative estimate of drug-likeness (QED) is 0.562. The molecular formula is C10H6ClN3. The fourth-order valence-corrected chi connectivity index (χ4v) is 1.78. The van der Waals surface area contributed by atoms with Gasteiger partial charge < -0.3 is 0 Å². The Morgan fingerprint density at radius 2 is 2.07 bits per heavy atom. The molecule has 0 saturated carbocycles. The fourth-order valence-electron chi connectivity index (χ4n) is 1.60. The van der Waals surface area contributed by atoms with E-state index >= 15 is 0 Å². The number of hydrogen-bond donors (Lipinski definition) is 0. The summed E-state index contributed by atoms with van der Waals surface area (Å²) >= 11 is 5.92. The van der Waals surface area contributed by atoms with Crippen LogP contribution in [0.5, 0.6) is 0 Å². The highest BCUT2D eigenvalue weighted by Gasteiger charge is 2.13. The van der Waals surface area contributed by atoms with Crippen LogP contribution in [0.4, 0.5) is 0 Å². The van der Waals surface area contributed by atoms with Gasteiger partial charge in [-0.25, -0.2) is 14.1 Å². The Morgan fingerprint density at radius 3 is 3.00 bits per heavy atom. The lowest BCUT2D eigenvalue weighted by molar-refractivity contribution is 1.07. The normalized spacial score (nSPS) is 11.2. The molecular weight excluding hydrogens is 198 g/mol. The number of para-hydroxylation sites is 1. The van der Waals surface area contributed by atoms with Crippen molar-refractivity contribution < 1.29 is 0 Å². The number of benzene rings is 1. The standard InChI is InChI=1S/C10H6ClN3/c11-14-6-12-5-8-7-3-1-2-4-9(7)13-10(8)14/h1-6H. The molecule has 0 aliphatic carbocycles. The zero-order valence-electron chi connectivity index (χ0n) is 7.18. The van der Waals surface area contributed by atoms with Gasteiger partial charge in [0.15, 0.2) is 5.82 Å². The molecule has 0 atom stereocenters. The summed E-state index contributed by atoms with van der Waals surface area (Å²) in [6.07, 6.45) is 3.32. The first kappa shape index (κ1) is 7.76. The molecule has 68 valence electrons. The zero-order valence-corrected chi connectivity index (χ0v) is 7.94. The molecule has 0 spiro atoms. The highest BCUT2D eigenvalue weighted by molar-refractivity contribution is 6.17. The van der Waals surface area contributed by atoms with Crippen LogP contribution in [0.25, 0.3) is 22.3 Å². The van der Waals surface area contributed by atoms with E-state index in [-0.39, 0.29) is 0 Å². The molecule has 0 unspecified atom stereocenters. The van der Waals surface area contributed by atoms with E-state index in [1.54, 1.807) is 6.20 Å². The third-order valence-corrected chi connectivity index (χ3v) is 2.48. The SMILES string of the molecule is Cln1cncc2c3ccccc3nc1-2. The highest BCUT2D eigenvalue weighted by atomic mass is 35.5. The first-order valence-corrected chi connectivity index (χ1v) is 4.57. The third-order valence-electron chi connectivity index (χ3n) is 2.24. The molecule has 2 aliphatic heterocycles. The molecule has 0 aromatic heterocycles. The van der Waals surface area contributed by atoms with Crippen molar-refractivity contribution in [2.45, 2.75) is 0 Å². The number of fused-ring (bicyclic) bond motifs is 3. The van der Waals surface area contributed by atoms with Gasteiger partial charge in [0.1, 0.15) is 6.33 Å². The maximum atomic E-state index is 5.92. The van der Waals surface area contributed by atoms with E-state index < -0.39 is 0 Å². The number of hydrogen-bond acceptors (Lipinski definition) is 2. The number of nitrogens with zero attached hydrogens (tertiary/aromatic N) is 3. The van der Waals surface area contributed by atoms with Crippen LogP contribution in [0.15, 0.2) is 36.8 Å². The maximum absolute atomic E-state index is 5.92. The van der Waals surface area contributed by atoms with Gasteiger partial charge in [0.25, 0.3) is 0 Å². The number of aromatic nitrogens is 3. The van der Waals surface area contributed by atoms with Gasteiger partial charge in [-0.3, -0.25) is 0 Å². The predicted octanol–water partition coefficient (Wildman–Crippen LogP) is 2.54. The summed E-state index contributed by atoms with van der Waals surface area (Å²) in [5.41, 5.74) is 1.93. The zero-order chi connectivity index (χ0) is 9.54. The van der Waals surface area contributed by atoms with Crippen LogP contribution >= 0.6 is 11.8 Å². The molecule has 3 nitrogen and oxygen atoms in total. The molecule has 2 heterocycles. The van der Waals surface area contributed by atoms with Crippen molar-refractivity contribution in [3.05, 3.63) is 36.8 Å². The summed E-state index contributed by atoms with van der Waals surface area (Å²) in [4.78, 5) is 8.43. The van der Waals surface area contributed by atoms with Gasteiger partial charge in [0.2, 0.25) is 0 Å². The second-order valence-corrected chi connectivity index (χ2v) is 3.44. The second-order valence-electron chi connectivity index (χ2n) is 3.07. The van der Waals surface area contributed by atoms with E-state index in [9.17, 15) is 0 Å². The molecule has 0 saturated heterocycles. The van der Waals surface area contributed by atoms with Crippen molar-refractivity contribution in [1.82, 2.24) is 14.1 Å². The van der Waals surface area contributed by atoms with E-state index in [2.05, 4.69) is 9.97 Å². The van der Waals surface area contributed by atoms with Crippen LogP contribution in [-0.2, 0) is 0 Å². The molecule has 0 amide bonds. The topological polar surface area (TPSA) is 30.7 Å². The molecule has 0 fully saturated rings. The van der Waals surface area contributed by atoms with Gasteiger partial charge in [-0.05, 0) is 6.07 Å². The molecule has 0 radical (unpaired) electrons. The summed E-state index contributed by atoms with van der Waals surface area (Å²) in [7, 11) is 0. The van der Waals surface area contributed by atoms with Crippen LogP contribution in [-0.4, -0.2) is 14.1 Å². The first-order chi connectivity index (χ1) is 6.86. The third kappa shape index (κ3) is 0.930. The first-order valence-electron chi connectivity index (χ1n) is 4.23. The van der Waals surface area contributed by atoms with Gasteiger partial charge >= 0.3 is 0 Å². The van der Waals surface area contributed by atoms with Gasteiger partial charge in [-0.1, -0.05) is 18.2 Å². The lowest BCUT2D eigenvalue weighted by Crippen LogP contribution is -1.92. The fraction of sp³-hybridized carbons (Fsp3) is 0. The van der Waals surface area contributed by atoms with E-state index in [4.69, 9.17) is 11.8 Å². The van der Waals surface area contributed by atoms with Crippen molar-refractivity contribution in [3.63, 3.8) is 0 Å². The summed E-state index contributed by atoms with van der Waals surface area (Å²) in [5.74, 6) is 0.753. The Labute approximate surface area is 85.4 Å². The molecule has 14 heavy (non-hydrogen) atoms. The van der Waals surface area contributed by atoms with E-state index in [1.165, 1.54) is 10.4 Å². The van der Waals surface area contributed by atoms with Crippen LogP contribution in [0, 0.1) is 0 Å². The van der Waals surface area contributed by atoms with Crippen molar-refractivity contribution in [2.24, 2.45) is 0 Å². The molecule has 0 bridgehead atoms. The minimum absolute atomic E-state index is 0.753. The number of halogens is 1. The van der Waals surface area contributed by atoms with Crippen molar-refractivity contribution in [1.29, 1.82) is 0 Å². The summed E-state index contributed by atoms with van der Waals surface area (Å²) in [6, 6.07) is 7.92. The van der Waals surface area contributed by atoms with Crippen LogP contribution in [0.2, 0.25) is 0 Å². The molecule has 0 N–H and O–H groups in total. The van der Waals surface area contributed by atoms with Crippen LogP contribution < -0.4 is 0 Å². The van der Waals surface area contributed by atoms with Gasteiger partial charge in [-0.2, -0.15) is 0 Å². The van der Waals surface area contributed by atoms with Gasteiger partial charge in [0, 0.05) is 28.9 Å². The summed E-state index contributed by atoms with van der Waals surface area (Å²) < 4.78 is 1.41. The summed E-state index contributed by atoms with van der Waals surface area (Å²) in [6.45, 7) is 0. The Hall–Kier alpha value is -1.61. The Bertz CT molecular complexity index is 573. The van der Waals surface area contributed by atoms with Crippen molar-refractivity contribution >= 4 is 22.7 Å². The van der Waals surface area contributed by atoms with E-state index in [0.717, 1.165) is 22.3 Å². The van der Waals surface area contributed by atoms with Gasteiger partial charge in [-0.15, -0.1) is 0 Å².